The minimum atomic E-state index is 0.409. The highest BCUT2D eigenvalue weighted by Gasteiger charge is 2.16. The minimum absolute atomic E-state index is 0.409. The van der Waals surface area contributed by atoms with Crippen molar-refractivity contribution in [2.75, 3.05) is 5.32 Å². The van der Waals surface area contributed by atoms with Crippen LogP contribution in [0.4, 0.5) is 11.5 Å². The van der Waals surface area contributed by atoms with Crippen molar-refractivity contribution in [3.8, 4) is 11.5 Å². The number of halogens is 2. The summed E-state index contributed by atoms with van der Waals surface area (Å²) in [4.78, 5) is 13.3. The molecule has 2 aromatic carbocycles. The second-order valence-corrected chi connectivity index (χ2v) is 6.25. The molecule has 0 fully saturated rings. The predicted molar refractivity (Wildman–Crippen MR) is 99.5 cm³/mol. The molecule has 0 saturated carbocycles. The van der Waals surface area contributed by atoms with E-state index in [2.05, 4.69) is 20.3 Å². The van der Waals surface area contributed by atoms with Crippen LogP contribution in [-0.4, -0.2) is 15.0 Å². The Morgan fingerprint density at radius 2 is 1.68 bits per heavy atom. The quantitative estimate of drug-likeness (QED) is 0.505. The molecule has 0 unspecified atom stereocenters. The number of benzene rings is 2. The normalized spacial score (nSPS) is 11.0. The van der Waals surface area contributed by atoms with Gasteiger partial charge in [0.1, 0.15) is 5.82 Å². The van der Waals surface area contributed by atoms with Gasteiger partial charge in [-0.2, -0.15) is 4.98 Å². The number of para-hydroxylation sites is 1. The van der Waals surface area contributed by atoms with E-state index in [1.165, 1.54) is 0 Å². The molecule has 0 atom stereocenters. The van der Waals surface area contributed by atoms with Gasteiger partial charge in [0, 0.05) is 10.6 Å². The van der Waals surface area contributed by atoms with Crippen LogP contribution in [-0.2, 0) is 0 Å². The number of nitrogens with zero attached hydrogens (tertiary/aromatic N) is 3. The van der Waals surface area contributed by atoms with E-state index in [1.807, 2.05) is 30.3 Å². The van der Waals surface area contributed by atoms with Crippen LogP contribution in [0.3, 0.4) is 0 Å². The molecule has 0 spiro atoms. The first-order chi connectivity index (χ1) is 12.1. The van der Waals surface area contributed by atoms with Crippen molar-refractivity contribution in [1.82, 2.24) is 15.0 Å². The third kappa shape index (κ3) is 3.16. The van der Waals surface area contributed by atoms with Gasteiger partial charge in [-0.25, -0.2) is 9.97 Å². The van der Waals surface area contributed by atoms with Crippen LogP contribution in [0.15, 0.2) is 52.9 Å². The molecule has 0 radical (unpaired) electrons. The maximum absolute atomic E-state index is 6.22. The van der Waals surface area contributed by atoms with Crippen molar-refractivity contribution >= 4 is 45.9 Å². The number of nitrogens with one attached hydrogen (secondary N) is 1. The van der Waals surface area contributed by atoms with Crippen molar-refractivity contribution in [1.29, 1.82) is 0 Å². The summed E-state index contributed by atoms with van der Waals surface area (Å²) in [6, 6.07) is 14.7. The summed E-state index contributed by atoms with van der Waals surface area (Å²) in [6.45, 7) is 1.79. The number of aryl methyl sites for hydroxylation is 1. The van der Waals surface area contributed by atoms with Crippen LogP contribution in [0.1, 0.15) is 5.82 Å². The van der Waals surface area contributed by atoms with Crippen molar-refractivity contribution < 1.29 is 4.42 Å². The molecule has 5 nitrogen and oxygen atoms in total. The van der Waals surface area contributed by atoms with E-state index < -0.39 is 0 Å². The van der Waals surface area contributed by atoms with Gasteiger partial charge in [-0.15, -0.1) is 0 Å². The molecule has 0 bridgehead atoms. The molecule has 0 saturated heterocycles. The van der Waals surface area contributed by atoms with Crippen molar-refractivity contribution in [3.63, 3.8) is 0 Å². The van der Waals surface area contributed by atoms with Gasteiger partial charge < -0.3 is 9.73 Å². The van der Waals surface area contributed by atoms with Crippen molar-refractivity contribution in [2.45, 2.75) is 6.92 Å². The SMILES string of the molecule is Cc1nc(Nc2ccccc2Cl)c2nc(-c3ccc(Cl)cc3)oc2n1. The highest BCUT2D eigenvalue weighted by atomic mass is 35.5. The lowest BCUT2D eigenvalue weighted by Gasteiger charge is -2.07. The third-order valence-corrected chi connectivity index (χ3v) is 4.17. The minimum Gasteiger partial charge on any atom is -0.417 e. The summed E-state index contributed by atoms with van der Waals surface area (Å²) >= 11 is 12.2. The Bertz CT molecular complexity index is 1060. The highest BCUT2D eigenvalue weighted by molar-refractivity contribution is 6.33. The summed E-state index contributed by atoms with van der Waals surface area (Å²) < 4.78 is 5.81. The zero-order chi connectivity index (χ0) is 17.4. The first-order valence-corrected chi connectivity index (χ1v) is 8.28. The Hall–Kier alpha value is -2.63. The van der Waals surface area contributed by atoms with E-state index in [9.17, 15) is 0 Å². The monoisotopic (exact) mass is 370 g/mol. The maximum atomic E-state index is 6.22. The molecule has 2 heterocycles. The van der Waals surface area contributed by atoms with Gasteiger partial charge in [0.15, 0.2) is 11.3 Å². The lowest BCUT2D eigenvalue weighted by Crippen LogP contribution is -1.98. The fourth-order valence-corrected chi connectivity index (χ4v) is 2.73. The molecule has 4 aromatic rings. The second-order valence-electron chi connectivity index (χ2n) is 5.40. The lowest BCUT2D eigenvalue weighted by atomic mass is 10.2. The Morgan fingerprint density at radius 1 is 0.920 bits per heavy atom. The van der Waals surface area contributed by atoms with E-state index in [0.29, 0.717) is 38.8 Å². The van der Waals surface area contributed by atoms with Crippen LogP contribution in [0.5, 0.6) is 0 Å². The number of oxazole rings is 1. The van der Waals surface area contributed by atoms with Gasteiger partial charge in [-0.05, 0) is 43.3 Å². The van der Waals surface area contributed by atoms with Crippen molar-refractivity contribution in [3.05, 3.63) is 64.4 Å². The Morgan fingerprint density at radius 3 is 2.44 bits per heavy atom. The van der Waals surface area contributed by atoms with E-state index in [0.717, 1.165) is 11.3 Å². The summed E-state index contributed by atoms with van der Waals surface area (Å²) in [6.07, 6.45) is 0. The van der Waals surface area contributed by atoms with Gasteiger partial charge in [-0.1, -0.05) is 35.3 Å². The molecular formula is C18H12Cl2N4O. The molecule has 2 aromatic heterocycles. The number of hydrogen-bond acceptors (Lipinski definition) is 5. The molecule has 0 amide bonds. The number of rotatable bonds is 3. The molecule has 7 heteroatoms. The first-order valence-electron chi connectivity index (χ1n) is 7.53. The highest BCUT2D eigenvalue weighted by Crippen LogP contribution is 2.31. The number of fused-ring (bicyclic) bond motifs is 1. The fraction of sp³-hybridized carbons (Fsp3) is 0.0556. The number of hydrogen-bond donors (Lipinski definition) is 1. The molecule has 25 heavy (non-hydrogen) atoms. The van der Waals surface area contributed by atoms with Crippen LogP contribution >= 0.6 is 23.2 Å². The van der Waals surface area contributed by atoms with Crippen molar-refractivity contribution in [2.24, 2.45) is 0 Å². The molecule has 1 N–H and O–H groups in total. The van der Waals surface area contributed by atoms with Gasteiger partial charge >= 0.3 is 0 Å². The van der Waals surface area contributed by atoms with Gasteiger partial charge in [0.25, 0.3) is 5.71 Å². The summed E-state index contributed by atoms with van der Waals surface area (Å²) in [5.41, 5.74) is 2.49. The van der Waals surface area contributed by atoms with Crippen LogP contribution < -0.4 is 5.32 Å². The predicted octanol–water partition coefficient (Wildman–Crippen LogP) is 5.64. The summed E-state index contributed by atoms with van der Waals surface area (Å²) in [5, 5.41) is 4.44. The Kier molecular flexibility index (Phi) is 4.03. The largest absolute Gasteiger partial charge is 0.417 e. The number of anilines is 2. The van der Waals surface area contributed by atoms with Crippen LogP contribution in [0.25, 0.3) is 22.7 Å². The zero-order valence-electron chi connectivity index (χ0n) is 13.1. The first kappa shape index (κ1) is 15.9. The third-order valence-electron chi connectivity index (χ3n) is 3.59. The Balaban J connectivity index is 1.82. The van der Waals surface area contributed by atoms with E-state index >= 15 is 0 Å². The van der Waals surface area contributed by atoms with Gasteiger partial charge in [0.05, 0.1) is 10.7 Å². The zero-order valence-corrected chi connectivity index (χ0v) is 14.6. The number of aromatic nitrogens is 3. The Labute approximate surface area is 153 Å². The van der Waals surface area contributed by atoms with E-state index in [-0.39, 0.29) is 0 Å². The lowest BCUT2D eigenvalue weighted by molar-refractivity contribution is 0.606. The fourth-order valence-electron chi connectivity index (χ4n) is 2.42. The molecule has 0 aliphatic rings. The summed E-state index contributed by atoms with van der Waals surface area (Å²) in [7, 11) is 0. The van der Waals surface area contributed by atoms with Crippen LogP contribution in [0.2, 0.25) is 10.0 Å². The summed E-state index contributed by atoms with van der Waals surface area (Å²) in [5.74, 6) is 1.56. The van der Waals surface area contributed by atoms with Crippen LogP contribution in [0, 0.1) is 6.92 Å². The van der Waals surface area contributed by atoms with Gasteiger partial charge in [0.2, 0.25) is 5.89 Å². The molecule has 4 rings (SSSR count). The topological polar surface area (TPSA) is 63.8 Å². The second kappa shape index (κ2) is 6.35. The van der Waals surface area contributed by atoms with Gasteiger partial charge in [-0.3, -0.25) is 0 Å². The average molecular weight is 371 g/mol. The molecule has 0 aliphatic carbocycles. The average Bonchev–Trinajstić information content (AvgIpc) is 3.01. The standard InChI is InChI=1S/C18H12Cl2N4O/c1-10-21-16(23-14-5-3-2-4-13(14)20)15-18(22-10)25-17(24-15)11-6-8-12(19)9-7-11/h2-9H,1H3,(H,21,22,23). The van der Waals surface area contributed by atoms with E-state index in [4.69, 9.17) is 27.6 Å². The molecule has 0 aliphatic heterocycles. The van der Waals surface area contributed by atoms with E-state index in [1.54, 1.807) is 25.1 Å². The smallest absolute Gasteiger partial charge is 0.252 e. The maximum Gasteiger partial charge on any atom is 0.252 e. The molecule has 124 valence electrons. The molecular weight excluding hydrogens is 359 g/mol.